The van der Waals surface area contributed by atoms with Crippen LogP contribution in [-0.2, 0) is 4.79 Å². The maximum absolute atomic E-state index is 12.7. The van der Waals surface area contributed by atoms with Crippen molar-refractivity contribution >= 4 is 11.4 Å². The minimum absolute atomic E-state index is 0.276. The monoisotopic (exact) mass is 285 g/mol. The Bertz CT molecular complexity index is 466. The second-order valence-corrected chi connectivity index (χ2v) is 4.57. The van der Waals surface area contributed by atoms with Gasteiger partial charge in [-0.3, -0.25) is 4.79 Å². The lowest BCUT2D eigenvalue weighted by Gasteiger charge is -2.17. The highest BCUT2D eigenvalue weighted by Gasteiger charge is 2.41. The Kier molecular flexibility index (Phi) is 5.80. The van der Waals surface area contributed by atoms with Crippen LogP contribution < -0.4 is 0 Å². The van der Waals surface area contributed by atoms with Crippen LogP contribution in [0.15, 0.2) is 36.5 Å². The lowest BCUT2D eigenvalue weighted by Crippen LogP contribution is -2.25. The number of unbranched alkanes of at least 4 members (excludes halogenated alkanes) is 1. The molecule has 0 saturated carbocycles. The Morgan fingerprint density at radius 2 is 1.85 bits per heavy atom. The molecule has 0 aliphatic heterocycles. The third kappa shape index (κ3) is 4.72. The van der Waals surface area contributed by atoms with Crippen LogP contribution in [0.25, 0.3) is 5.57 Å². The van der Waals surface area contributed by atoms with E-state index in [1.165, 1.54) is 18.3 Å². The molecule has 0 fully saturated rings. The van der Waals surface area contributed by atoms with Crippen molar-refractivity contribution in [1.29, 1.82) is 0 Å². The molecule has 0 spiro atoms. The largest absolute Gasteiger partial charge is 0.454 e. The number of hydrogen-bond donors (Lipinski definition) is 0. The second kappa shape index (κ2) is 7.12. The molecule has 5 heteroatoms. The number of halogens is 3. The lowest BCUT2D eigenvalue weighted by atomic mass is 10.0. The molecule has 20 heavy (non-hydrogen) atoms. The molecule has 0 saturated heterocycles. The molecule has 0 N–H and O–H groups in total. The quantitative estimate of drug-likeness (QED) is 0.739. The number of carbonyl (C=O) groups excluding carboxylic acids is 1. The van der Waals surface area contributed by atoms with E-state index >= 15 is 0 Å². The van der Waals surface area contributed by atoms with Gasteiger partial charge in [-0.1, -0.05) is 43.7 Å². The molecule has 0 unspecified atom stereocenters. The summed E-state index contributed by atoms with van der Waals surface area (Å²) in [6, 6.07) is 7.92. The standard InChI is InChI=1S/C15H18F3NO/c1-3-4-10-19(2)11-13(14(20)15(16,17)18)12-8-6-5-7-9-12/h5-9,11H,3-4,10H2,1-2H3/b13-11-. The smallest absolute Gasteiger partial charge is 0.380 e. The normalized spacial score (nSPS) is 12.3. The van der Waals surface area contributed by atoms with Crippen LogP contribution in [0, 0.1) is 0 Å². The zero-order chi connectivity index (χ0) is 15.2. The van der Waals surface area contributed by atoms with Crippen molar-refractivity contribution in [2.24, 2.45) is 0 Å². The van der Waals surface area contributed by atoms with E-state index in [0.717, 1.165) is 12.8 Å². The van der Waals surface area contributed by atoms with Gasteiger partial charge < -0.3 is 4.90 Å². The Balaban J connectivity index is 3.09. The summed E-state index contributed by atoms with van der Waals surface area (Å²) < 4.78 is 38.0. The number of benzene rings is 1. The molecule has 110 valence electrons. The number of rotatable bonds is 6. The summed E-state index contributed by atoms with van der Waals surface area (Å²) in [6.07, 6.45) is -1.80. The summed E-state index contributed by atoms with van der Waals surface area (Å²) in [5.41, 5.74) is -0.0464. The second-order valence-electron chi connectivity index (χ2n) is 4.57. The summed E-state index contributed by atoms with van der Waals surface area (Å²) in [7, 11) is 1.67. The number of hydrogen-bond acceptors (Lipinski definition) is 2. The maximum atomic E-state index is 12.7. The summed E-state index contributed by atoms with van der Waals surface area (Å²) in [6.45, 7) is 2.61. The number of carbonyl (C=O) groups is 1. The van der Waals surface area contributed by atoms with Crippen LogP contribution in [0.1, 0.15) is 25.3 Å². The van der Waals surface area contributed by atoms with Gasteiger partial charge in [0.25, 0.3) is 5.78 Å². The Labute approximate surface area is 116 Å². The maximum Gasteiger partial charge on any atom is 0.454 e. The van der Waals surface area contributed by atoms with Crippen LogP contribution >= 0.6 is 0 Å². The van der Waals surface area contributed by atoms with Crippen molar-refractivity contribution in [2.45, 2.75) is 25.9 Å². The fourth-order valence-electron chi connectivity index (χ4n) is 1.73. The molecular formula is C15H18F3NO. The number of Topliss-reactive ketones (excluding diaryl/α,β-unsaturated/α-hetero) is 1. The topological polar surface area (TPSA) is 20.3 Å². The van der Waals surface area contributed by atoms with Crippen LogP contribution in [0.3, 0.4) is 0 Å². The van der Waals surface area contributed by atoms with Crippen molar-refractivity contribution < 1.29 is 18.0 Å². The first kappa shape index (κ1) is 16.3. The van der Waals surface area contributed by atoms with E-state index < -0.39 is 12.0 Å². The van der Waals surface area contributed by atoms with E-state index in [4.69, 9.17) is 0 Å². The predicted octanol–water partition coefficient (Wildman–Crippen LogP) is 3.89. The van der Waals surface area contributed by atoms with Crippen LogP contribution in [0.5, 0.6) is 0 Å². The molecule has 0 aromatic heterocycles. The highest BCUT2D eigenvalue weighted by atomic mass is 19.4. The summed E-state index contributed by atoms with van der Waals surface area (Å²) in [5.74, 6) is -1.81. The van der Waals surface area contributed by atoms with Gasteiger partial charge in [-0.05, 0) is 12.0 Å². The number of allylic oxidation sites excluding steroid dienone is 1. The average Bonchev–Trinajstić information content (AvgIpc) is 2.41. The first-order chi connectivity index (χ1) is 9.36. The third-order valence-electron chi connectivity index (χ3n) is 2.80. The van der Waals surface area contributed by atoms with Crippen molar-refractivity contribution in [3.63, 3.8) is 0 Å². The first-order valence-electron chi connectivity index (χ1n) is 6.45. The number of ketones is 1. The van der Waals surface area contributed by atoms with Crippen molar-refractivity contribution in [1.82, 2.24) is 4.90 Å². The van der Waals surface area contributed by atoms with Gasteiger partial charge in [0.05, 0.1) is 5.57 Å². The van der Waals surface area contributed by atoms with E-state index in [-0.39, 0.29) is 11.1 Å². The Morgan fingerprint density at radius 3 is 2.35 bits per heavy atom. The zero-order valence-electron chi connectivity index (χ0n) is 11.6. The molecule has 1 aromatic rings. The highest BCUT2D eigenvalue weighted by Crippen LogP contribution is 2.27. The fraction of sp³-hybridized carbons (Fsp3) is 0.400. The first-order valence-corrected chi connectivity index (χ1v) is 6.45. The van der Waals surface area contributed by atoms with Crippen LogP contribution in [-0.4, -0.2) is 30.5 Å². The van der Waals surface area contributed by atoms with Gasteiger partial charge in [-0.2, -0.15) is 13.2 Å². The number of alkyl halides is 3. The summed E-state index contributed by atoms with van der Waals surface area (Å²) in [4.78, 5) is 13.2. The van der Waals surface area contributed by atoms with E-state index in [1.54, 1.807) is 30.1 Å². The van der Waals surface area contributed by atoms with Crippen LogP contribution in [0.2, 0.25) is 0 Å². The predicted molar refractivity (Wildman–Crippen MR) is 73.0 cm³/mol. The van der Waals surface area contributed by atoms with Gasteiger partial charge in [0.15, 0.2) is 0 Å². The lowest BCUT2D eigenvalue weighted by molar-refractivity contribution is -0.164. The Morgan fingerprint density at radius 1 is 1.25 bits per heavy atom. The van der Waals surface area contributed by atoms with Gasteiger partial charge in [0, 0.05) is 19.8 Å². The van der Waals surface area contributed by atoms with Crippen molar-refractivity contribution in [3.05, 3.63) is 42.1 Å². The molecule has 1 rings (SSSR count). The SMILES string of the molecule is CCCCN(C)/C=C(\C(=O)C(F)(F)F)c1ccccc1. The van der Waals surface area contributed by atoms with Gasteiger partial charge in [-0.15, -0.1) is 0 Å². The Hall–Kier alpha value is -1.78. The minimum atomic E-state index is -4.87. The van der Waals surface area contributed by atoms with Gasteiger partial charge in [0.2, 0.25) is 0 Å². The van der Waals surface area contributed by atoms with E-state index in [9.17, 15) is 18.0 Å². The molecule has 0 atom stereocenters. The molecule has 0 aliphatic carbocycles. The molecule has 0 bridgehead atoms. The van der Waals surface area contributed by atoms with Crippen molar-refractivity contribution in [2.75, 3.05) is 13.6 Å². The van der Waals surface area contributed by atoms with E-state index in [2.05, 4.69) is 0 Å². The molecule has 0 aliphatic rings. The third-order valence-corrected chi connectivity index (χ3v) is 2.80. The average molecular weight is 285 g/mol. The molecular weight excluding hydrogens is 267 g/mol. The summed E-state index contributed by atoms with van der Waals surface area (Å²) in [5, 5.41) is 0. The van der Waals surface area contributed by atoms with E-state index in [1.807, 2.05) is 6.92 Å². The highest BCUT2D eigenvalue weighted by molar-refractivity contribution is 6.23. The van der Waals surface area contributed by atoms with Gasteiger partial charge in [0.1, 0.15) is 0 Å². The molecule has 2 nitrogen and oxygen atoms in total. The summed E-state index contributed by atoms with van der Waals surface area (Å²) >= 11 is 0. The minimum Gasteiger partial charge on any atom is -0.380 e. The van der Waals surface area contributed by atoms with Gasteiger partial charge >= 0.3 is 6.18 Å². The number of nitrogens with zero attached hydrogens (tertiary/aromatic N) is 1. The van der Waals surface area contributed by atoms with Crippen molar-refractivity contribution in [3.8, 4) is 0 Å². The fourth-order valence-corrected chi connectivity index (χ4v) is 1.73. The van der Waals surface area contributed by atoms with E-state index in [0.29, 0.717) is 6.54 Å². The molecule has 1 aromatic carbocycles. The zero-order valence-corrected chi connectivity index (χ0v) is 11.6. The van der Waals surface area contributed by atoms with Crippen LogP contribution in [0.4, 0.5) is 13.2 Å². The molecule has 0 heterocycles. The molecule has 0 radical (unpaired) electrons. The van der Waals surface area contributed by atoms with Gasteiger partial charge in [-0.25, -0.2) is 0 Å². The molecule has 0 amide bonds.